The fraction of sp³-hybridized carbons (Fsp3) is 0.316. The molecule has 1 saturated heterocycles. The maximum Gasteiger partial charge on any atom is 0.246 e. The highest BCUT2D eigenvalue weighted by Crippen LogP contribution is 2.37. The number of ether oxygens (including phenoxy) is 1. The Morgan fingerprint density at radius 1 is 1.23 bits per heavy atom. The van der Waals surface area contributed by atoms with Crippen molar-refractivity contribution in [2.24, 2.45) is 0 Å². The summed E-state index contributed by atoms with van der Waals surface area (Å²) in [5, 5.41) is 19.2. The zero-order valence-corrected chi connectivity index (χ0v) is 18.7. The molecule has 2 aromatic carbocycles. The Labute approximate surface area is 185 Å². The number of aliphatic hydroxyl groups is 2. The van der Waals surface area contributed by atoms with Crippen LogP contribution < -0.4 is 4.74 Å². The van der Waals surface area contributed by atoms with E-state index in [1.165, 1.54) is 49.6 Å². The molecule has 0 unspecified atom stereocenters. The molecule has 166 valence electrons. The number of sulfonamides is 1. The van der Waals surface area contributed by atoms with Crippen molar-refractivity contribution >= 4 is 37.1 Å². The van der Waals surface area contributed by atoms with Crippen molar-refractivity contribution < 1.29 is 31.8 Å². The first-order valence-electron chi connectivity index (χ1n) is 8.88. The Morgan fingerprint density at radius 2 is 1.87 bits per heavy atom. The second-order valence-electron chi connectivity index (χ2n) is 6.99. The number of rotatable bonds is 6. The third-order valence-corrected chi connectivity index (χ3v) is 9.46. The smallest absolute Gasteiger partial charge is 0.246 e. The van der Waals surface area contributed by atoms with E-state index in [1.54, 1.807) is 0 Å². The highest BCUT2D eigenvalue weighted by molar-refractivity contribution is 7.92. The van der Waals surface area contributed by atoms with E-state index in [0.29, 0.717) is 0 Å². The fourth-order valence-electron chi connectivity index (χ4n) is 3.42. The molecule has 1 aliphatic rings. The number of nitrogens with zero attached hydrogens (tertiary/aromatic N) is 2. The minimum atomic E-state index is -4.29. The van der Waals surface area contributed by atoms with Crippen molar-refractivity contribution in [3.63, 3.8) is 0 Å². The Morgan fingerprint density at radius 3 is 2.42 bits per heavy atom. The van der Waals surface area contributed by atoms with Crippen molar-refractivity contribution in [1.82, 2.24) is 4.31 Å². The highest BCUT2D eigenvalue weighted by atomic mass is 35.5. The molecule has 1 aliphatic heterocycles. The topological polar surface area (TPSA) is 126 Å². The molecule has 2 atom stereocenters. The van der Waals surface area contributed by atoms with Gasteiger partial charge in [0.05, 0.1) is 25.2 Å². The van der Waals surface area contributed by atoms with Gasteiger partial charge >= 0.3 is 0 Å². The summed E-state index contributed by atoms with van der Waals surface area (Å²) in [5.41, 5.74) is -2.01. The van der Waals surface area contributed by atoms with E-state index in [1.807, 2.05) is 0 Å². The molecule has 1 heterocycles. The van der Waals surface area contributed by atoms with Gasteiger partial charge in [-0.3, -0.25) is 0 Å². The third kappa shape index (κ3) is 4.15. The van der Waals surface area contributed by atoms with Crippen molar-refractivity contribution in [3.8, 4) is 5.75 Å². The average Bonchev–Trinajstić information content (AvgIpc) is 3.13. The summed E-state index contributed by atoms with van der Waals surface area (Å²) in [6.45, 7) is 4.77. The molecule has 0 aliphatic carbocycles. The van der Waals surface area contributed by atoms with Crippen LogP contribution >= 0.6 is 11.6 Å². The summed E-state index contributed by atoms with van der Waals surface area (Å²) in [5.74, 6) is -0.0407. The molecule has 12 heteroatoms. The van der Waals surface area contributed by atoms with Crippen LogP contribution in [0.25, 0.3) is 4.85 Å². The molecule has 2 aromatic rings. The van der Waals surface area contributed by atoms with Crippen molar-refractivity contribution in [1.29, 1.82) is 0 Å². The van der Waals surface area contributed by atoms with E-state index in [2.05, 4.69) is 4.85 Å². The van der Waals surface area contributed by atoms with Gasteiger partial charge in [0.15, 0.2) is 15.5 Å². The van der Waals surface area contributed by atoms with Gasteiger partial charge in [-0.25, -0.2) is 21.7 Å². The van der Waals surface area contributed by atoms with Crippen molar-refractivity contribution in [2.75, 3.05) is 26.8 Å². The zero-order chi connectivity index (χ0) is 23.0. The Kier molecular flexibility index (Phi) is 6.35. The first-order chi connectivity index (χ1) is 14.5. The predicted molar refractivity (Wildman–Crippen MR) is 112 cm³/mol. The largest absolute Gasteiger partial charge is 0.495 e. The van der Waals surface area contributed by atoms with E-state index in [-0.39, 0.29) is 26.3 Å². The Hall–Kier alpha value is -2.20. The summed E-state index contributed by atoms with van der Waals surface area (Å²) in [4.78, 5) is 2.75. The molecular formula is C19H19ClN2O7S2. The minimum Gasteiger partial charge on any atom is -0.495 e. The van der Waals surface area contributed by atoms with Crippen LogP contribution in [0.4, 0.5) is 5.69 Å². The SMILES string of the molecule is [C-]#[N+]c1ccc(S(=O)(=O)[C@H]2CN(S(=O)(=O)c3ccc(Cl)cc3OC)C[C@@]2(O)CO)cc1. The number of benzene rings is 2. The molecule has 0 amide bonds. The van der Waals surface area contributed by atoms with Crippen LogP contribution in [0.3, 0.4) is 0 Å². The molecule has 3 rings (SSSR count). The van der Waals surface area contributed by atoms with Gasteiger partial charge in [-0.15, -0.1) is 0 Å². The number of sulfone groups is 1. The third-order valence-electron chi connectivity index (χ3n) is 5.11. The molecule has 2 N–H and O–H groups in total. The lowest BCUT2D eigenvalue weighted by Crippen LogP contribution is -2.49. The van der Waals surface area contributed by atoms with Gasteiger partial charge in [0, 0.05) is 24.2 Å². The lowest BCUT2D eigenvalue weighted by atomic mass is 10.1. The van der Waals surface area contributed by atoms with Crippen LogP contribution in [0, 0.1) is 6.57 Å². The second-order valence-corrected chi connectivity index (χ2v) is 11.5. The van der Waals surface area contributed by atoms with E-state index in [9.17, 15) is 27.0 Å². The van der Waals surface area contributed by atoms with Gasteiger partial charge in [-0.2, -0.15) is 4.31 Å². The summed E-state index contributed by atoms with van der Waals surface area (Å²) in [6, 6.07) is 8.90. The average molecular weight is 487 g/mol. The van der Waals surface area contributed by atoms with Gasteiger partial charge in [0.1, 0.15) is 21.5 Å². The standard InChI is InChI=1S/C19H19ClN2O7S2/c1-21-14-4-6-15(7-5-14)30(25,26)18-10-22(11-19(18,24)12-23)31(27,28)17-8-3-13(20)9-16(17)29-2/h3-9,18,23-24H,10-12H2,2H3/t18-,19+/m0/s1. The van der Waals surface area contributed by atoms with Gasteiger partial charge in [0.2, 0.25) is 10.0 Å². The molecule has 0 bridgehead atoms. The fourth-order valence-corrected chi connectivity index (χ4v) is 7.27. The molecule has 0 aromatic heterocycles. The predicted octanol–water partition coefficient (Wildman–Crippen LogP) is 1.47. The van der Waals surface area contributed by atoms with Crippen molar-refractivity contribution in [3.05, 3.63) is 58.9 Å². The minimum absolute atomic E-state index is 0.0407. The summed E-state index contributed by atoms with van der Waals surface area (Å²) in [6.07, 6.45) is 0. The summed E-state index contributed by atoms with van der Waals surface area (Å²) in [7, 11) is -7.28. The van der Waals surface area contributed by atoms with Crippen LogP contribution in [0.1, 0.15) is 0 Å². The maximum absolute atomic E-state index is 13.2. The first kappa shape index (κ1) is 23.5. The molecule has 0 spiro atoms. The second kappa shape index (κ2) is 8.38. The van der Waals surface area contributed by atoms with E-state index in [0.717, 1.165) is 4.31 Å². The molecule has 9 nitrogen and oxygen atoms in total. The molecule has 31 heavy (non-hydrogen) atoms. The van der Waals surface area contributed by atoms with Gasteiger partial charge in [-0.1, -0.05) is 35.9 Å². The number of aliphatic hydroxyl groups excluding tert-OH is 1. The highest BCUT2D eigenvalue weighted by Gasteiger charge is 2.55. The number of methoxy groups -OCH3 is 1. The quantitative estimate of drug-likeness (QED) is 0.592. The van der Waals surface area contributed by atoms with E-state index < -0.39 is 50.4 Å². The molecular weight excluding hydrogens is 468 g/mol. The molecule has 0 saturated carbocycles. The molecule has 0 radical (unpaired) electrons. The summed E-state index contributed by atoms with van der Waals surface area (Å²) < 4.78 is 58.6. The Balaban J connectivity index is 2.03. The number of hydrogen-bond donors (Lipinski definition) is 2. The van der Waals surface area contributed by atoms with Crippen LogP contribution in [0.15, 0.2) is 52.3 Å². The van der Waals surface area contributed by atoms with Crippen LogP contribution in [-0.2, 0) is 19.9 Å². The van der Waals surface area contributed by atoms with Crippen LogP contribution in [0.2, 0.25) is 5.02 Å². The number of hydrogen-bond acceptors (Lipinski definition) is 7. The summed E-state index contributed by atoms with van der Waals surface area (Å²) >= 11 is 5.89. The molecule has 1 fully saturated rings. The first-order valence-corrected chi connectivity index (χ1v) is 12.2. The van der Waals surface area contributed by atoms with Crippen molar-refractivity contribution in [2.45, 2.75) is 20.6 Å². The lowest BCUT2D eigenvalue weighted by Gasteiger charge is -2.26. The number of halogens is 1. The maximum atomic E-state index is 13.2. The van der Waals surface area contributed by atoms with E-state index >= 15 is 0 Å². The Bertz CT molecular complexity index is 1240. The van der Waals surface area contributed by atoms with E-state index in [4.69, 9.17) is 22.9 Å². The van der Waals surface area contributed by atoms with Crippen LogP contribution in [-0.4, -0.2) is 69.0 Å². The number of β-amino-alcohol motifs (C(OH)–C–C–N with tert-alkyl or cyclic N) is 1. The van der Waals surface area contributed by atoms with Gasteiger partial charge in [0.25, 0.3) is 0 Å². The monoisotopic (exact) mass is 486 g/mol. The normalized spacial score (nSPS) is 22.2. The van der Waals surface area contributed by atoms with Gasteiger partial charge in [-0.05, 0) is 12.1 Å². The lowest BCUT2D eigenvalue weighted by molar-refractivity contribution is 0.00159. The van der Waals surface area contributed by atoms with Gasteiger partial charge < -0.3 is 14.9 Å². The zero-order valence-electron chi connectivity index (χ0n) is 16.3. The van der Waals surface area contributed by atoms with Crippen LogP contribution in [0.5, 0.6) is 5.75 Å².